The Kier molecular flexibility index (Phi) is 6.96. The topological polar surface area (TPSA) is 66.8 Å². The normalized spacial score (nSPS) is 18.2. The zero-order valence-corrected chi connectivity index (χ0v) is 18.7. The van der Waals surface area contributed by atoms with Crippen LogP contribution in [0.2, 0.25) is 15.1 Å². The fourth-order valence-electron chi connectivity index (χ4n) is 3.47. The minimum Gasteiger partial charge on any atom is -0.507 e. The molecule has 0 aromatic heterocycles. The van der Waals surface area contributed by atoms with Crippen molar-refractivity contribution >= 4 is 52.3 Å². The molecule has 0 bridgehead atoms. The van der Waals surface area contributed by atoms with Crippen LogP contribution in [0.5, 0.6) is 5.75 Å². The Balaban J connectivity index is 2.23. The molecule has 1 saturated heterocycles. The molecule has 0 aliphatic carbocycles. The standard InChI is InChI=1S/C22H20Cl3NO4/c1-3-9-26-19(12-5-7-16(24)17(25)10-12)18(21(28)22(26)29)20(27)14-11-13(30-4-2)6-8-15(14)23/h5-8,10-11,19,27H,3-4,9H2,1-2H3/b20-18+. The van der Waals surface area contributed by atoms with Gasteiger partial charge in [0.2, 0.25) is 0 Å². The summed E-state index contributed by atoms with van der Waals surface area (Å²) < 4.78 is 5.48. The number of benzene rings is 2. The fraction of sp³-hybridized carbons (Fsp3) is 0.273. The lowest BCUT2D eigenvalue weighted by molar-refractivity contribution is -0.139. The molecule has 2 aromatic carbocycles. The summed E-state index contributed by atoms with van der Waals surface area (Å²) in [5, 5.41) is 12.0. The largest absolute Gasteiger partial charge is 0.507 e. The van der Waals surface area contributed by atoms with Crippen molar-refractivity contribution in [2.45, 2.75) is 26.3 Å². The molecule has 1 atom stereocenters. The third kappa shape index (κ3) is 4.15. The summed E-state index contributed by atoms with van der Waals surface area (Å²) in [5.41, 5.74) is 0.722. The summed E-state index contributed by atoms with van der Waals surface area (Å²) in [5.74, 6) is -1.35. The first-order valence-electron chi connectivity index (χ1n) is 9.46. The number of Topliss-reactive ketones (excluding diaryl/α,β-unsaturated/α-hetero) is 1. The smallest absolute Gasteiger partial charge is 0.295 e. The van der Waals surface area contributed by atoms with Gasteiger partial charge in [-0.1, -0.05) is 47.8 Å². The number of hydrogen-bond acceptors (Lipinski definition) is 4. The van der Waals surface area contributed by atoms with Crippen molar-refractivity contribution < 1.29 is 19.4 Å². The fourth-order valence-corrected chi connectivity index (χ4v) is 3.98. The van der Waals surface area contributed by atoms with Gasteiger partial charge in [-0.2, -0.15) is 0 Å². The second-order valence-corrected chi connectivity index (χ2v) is 7.96. The summed E-state index contributed by atoms with van der Waals surface area (Å²) in [6.45, 7) is 4.48. The van der Waals surface area contributed by atoms with Crippen molar-refractivity contribution in [3.05, 3.63) is 68.2 Å². The van der Waals surface area contributed by atoms with Crippen LogP contribution in [0.15, 0.2) is 42.0 Å². The molecular formula is C22H20Cl3NO4. The Morgan fingerprint density at radius 2 is 1.73 bits per heavy atom. The van der Waals surface area contributed by atoms with E-state index in [0.717, 1.165) is 0 Å². The maximum Gasteiger partial charge on any atom is 0.295 e. The molecule has 1 aliphatic rings. The molecule has 1 heterocycles. The molecular weight excluding hydrogens is 449 g/mol. The van der Waals surface area contributed by atoms with Gasteiger partial charge in [-0.25, -0.2) is 0 Å². The molecule has 5 nitrogen and oxygen atoms in total. The van der Waals surface area contributed by atoms with Crippen LogP contribution < -0.4 is 4.74 Å². The molecule has 3 rings (SSSR count). The van der Waals surface area contributed by atoms with Crippen LogP contribution in [0.4, 0.5) is 0 Å². The van der Waals surface area contributed by atoms with Gasteiger partial charge in [-0.05, 0) is 49.2 Å². The number of carbonyl (C=O) groups is 2. The summed E-state index contributed by atoms with van der Waals surface area (Å²) in [7, 11) is 0. The molecule has 1 unspecified atom stereocenters. The molecule has 0 radical (unpaired) electrons. The van der Waals surface area contributed by atoms with Crippen molar-refractivity contribution in [1.82, 2.24) is 4.90 Å². The first-order valence-corrected chi connectivity index (χ1v) is 10.6. The SMILES string of the molecule is CCCN1C(=O)C(=O)/C(=C(/O)c2cc(OCC)ccc2Cl)C1c1ccc(Cl)c(Cl)c1. The van der Waals surface area contributed by atoms with Crippen LogP contribution in [0, 0.1) is 0 Å². The summed E-state index contributed by atoms with van der Waals surface area (Å²) in [6.07, 6.45) is 0.630. The number of aliphatic hydroxyl groups is 1. The van der Waals surface area contributed by atoms with Gasteiger partial charge in [0.05, 0.1) is 33.3 Å². The van der Waals surface area contributed by atoms with Gasteiger partial charge in [-0.15, -0.1) is 0 Å². The summed E-state index contributed by atoms with van der Waals surface area (Å²) >= 11 is 18.5. The third-order valence-electron chi connectivity index (χ3n) is 4.77. The zero-order chi connectivity index (χ0) is 22.0. The first kappa shape index (κ1) is 22.5. The van der Waals surface area contributed by atoms with Crippen molar-refractivity contribution in [3.63, 3.8) is 0 Å². The second-order valence-electron chi connectivity index (χ2n) is 6.74. The highest BCUT2D eigenvalue weighted by Gasteiger charge is 2.46. The van der Waals surface area contributed by atoms with Crippen molar-refractivity contribution in [1.29, 1.82) is 0 Å². The lowest BCUT2D eigenvalue weighted by Crippen LogP contribution is -2.30. The van der Waals surface area contributed by atoms with E-state index in [1.807, 2.05) is 13.8 Å². The highest BCUT2D eigenvalue weighted by molar-refractivity contribution is 6.47. The average Bonchev–Trinajstić information content (AvgIpc) is 2.96. The number of carbonyl (C=O) groups excluding carboxylic acids is 2. The Morgan fingerprint density at radius 3 is 2.37 bits per heavy atom. The number of nitrogens with zero attached hydrogens (tertiary/aromatic N) is 1. The maximum atomic E-state index is 12.9. The van der Waals surface area contributed by atoms with Crippen molar-refractivity contribution in [3.8, 4) is 5.75 Å². The highest BCUT2D eigenvalue weighted by atomic mass is 35.5. The van der Waals surface area contributed by atoms with Crippen LogP contribution in [0.25, 0.3) is 5.76 Å². The number of ether oxygens (including phenoxy) is 1. The van der Waals surface area contributed by atoms with Crippen LogP contribution >= 0.6 is 34.8 Å². The Hall–Kier alpha value is -2.21. The van der Waals surface area contributed by atoms with E-state index in [9.17, 15) is 14.7 Å². The first-order chi connectivity index (χ1) is 14.3. The van der Waals surface area contributed by atoms with Crippen LogP contribution in [0.3, 0.4) is 0 Å². The van der Waals surface area contributed by atoms with Crippen LogP contribution in [-0.2, 0) is 9.59 Å². The van der Waals surface area contributed by atoms with Crippen molar-refractivity contribution in [2.24, 2.45) is 0 Å². The molecule has 1 N–H and O–H groups in total. The predicted molar refractivity (Wildman–Crippen MR) is 118 cm³/mol. The Morgan fingerprint density at radius 1 is 1.03 bits per heavy atom. The number of amides is 1. The lowest BCUT2D eigenvalue weighted by Gasteiger charge is -2.25. The number of likely N-dealkylation sites (tertiary alicyclic amines) is 1. The van der Waals surface area contributed by atoms with Gasteiger partial charge in [0.1, 0.15) is 11.5 Å². The number of hydrogen-bond donors (Lipinski definition) is 1. The minimum atomic E-state index is -0.813. The molecule has 1 amide bonds. The van der Waals surface area contributed by atoms with Gasteiger partial charge in [-0.3, -0.25) is 9.59 Å². The highest BCUT2D eigenvalue weighted by Crippen LogP contribution is 2.42. The molecule has 30 heavy (non-hydrogen) atoms. The van der Waals surface area contributed by atoms with Gasteiger partial charge < -0.3 is 14.7 Å². The summed E-state index contributed by atoms with van der Waals surface area (Å²) in [6, 6.07) is 8.82. The van der Waals surface area contributed by atoms with Crippen LogP contribution in [0.1, 0.15) is 37.4 Å². The van der Waals surface area contributed by atoms with E-state index in [4.69, 9.17) is 39.5 Å². The minimum absolute atomic E-state index is 0.0533. The second kappa shape index (κ2) is 9.29. The molecule has 1 fully saturated rings. The Bertz CT molecular complexity index is 1040. The third-order valence-corrected chi connectivity index (χ3v) is 5.84. The molecule has 158 valence electrons. The maximum absolute atomic E-state index is 12.9. The summed E-state index contributed by atoms with van der Waals surface area (Å²) in [4.78, 5) is 27.1. The van der Waals surface area contributed by atoms with E-state index >= 15 is 0 Å². The number of ketones is 1. The Labute approximate surface area is 189 Å². The van der Waals surface area contributed by atoms with E-state index in [0.29, 0.717) is 35.9 Å². The van der Waals surface area contributed by atoms with E-state index in [2.05, 4.69) is 0 Å². The van der Waals surface area contributed by atoms with E-state index in [1.54, 1.807) is 36.4 Å². The number of aliphatic hydroxyl groups excluding tert-OH is 1. The zero-order valence-electron chi connectivity index (χ0n) is 16.4. The average molecular weight is 469 g/mol. The molecule has 2 aromatic rings. The predicted octanol–water partition coefficient (Wildman–Crippen LogP) is 5.88. The van der Waals surface area contributed by atoms with E-state index in [1.165, 1.54) is 4.90 Å². The number of rotatable bonds is 6. The molecule has 1 aliphatic heterocycles. The number of halogens is 3. The van der Waals surface area contributed by atoms with Gasteiger partial charge in [0, 0.05) is 12.1 Å². The lowest BCUT2D eigenvalue weighted by atomic mass is 9.95. The van der Waals surface area contributed by atoms with E-state index in [-0.39, 0.29) is 26.9 Å². The van der Waals surface area contributed by atoms with Gasteiger partial charge >= 0.3 is 0 Å². The molecule has 8 heteroatoms. The molecule has 0 spiro atoms. The monoisotopic (exact) mass is 467 g/mol. The molecule has 0 saturated carbocycles. The van der Waals surface area contributed by atoms with Gasteiger partial charge in [0.15, 0.2) is 0 Å². The van der Waals surface area contributed by atoms with E-state index < -0.39 is 17.7 Å². The quantitative estimate of drug-likeness (QED) is 0.327. The van der Waals surface area contributed by atoms with Crippen molar-refractivity contribution in [2.75, 3.05) is 13.2 Å². The van der Waals surface area contributed by atoms with Crippen LogP contribution in [-0.4, -0.2) is 34.8 Å². The van der Waals surface area contributed by atoms with Gasteiger partial charge in [0.25, 0.3) is 11.7 Å².